The third-order valence-electron chi connectivity index (χ3n) is 4.61. The van der Waals surface area contributed by atoms with E-state index in [2.05, 4.69) is 35.6 Å². The Balaban J connectivity index is 1.86. The molecule has 0 bridgehead atoms. The van der Waals surface area contributed by atoms with Crippen LogP contribution in [0.2, 0.25) is 0 Å². The molecule has 3 nitrogen and oxygen atoms in total. The summed E-state index contributed by atoms with van der Waals surface area (Å²) in [6.45, 7) is 6.81. The van der Waals surface area contributed by atoms with Crippen LogP contribution in [0, 0.1) is 13.8 Å². The molecule has 4 heteroatoms. The normalized spacial score (nSPS) is 25.7. The van der Waals surface area contributed by atoms with Crippen LogP contribution in [0.15, 0.2) is 0 Å². The van der Waals surface area contributed by atoms with Gasteiger partial charge >= 0.3 is 0 Å². The molecule has 2 aliphatic heterocycles. The summed E-state index contributed by atoms with van der Waals surface area (Å²) < 4.78 is 2.35. The molecule has 0 spiro atoms. The fourth-order valence-electron chi connectivity index (χ4n) is 3.65. The van der Waals surface area contributed by atoms with Crippen molar-refractivity contribution >= 4 is 11.8 Å². The number of aryl methyl sites for hydroxylation is 1. The fraction of sp³-hybridized carbons (Fsp3) is 0.800. The molecular weight excluding hydrogens is 254 g/mol. The molecule has 0 amide bonds. The Morgan fingerprint density at radius 2 is 2.00 bits per heavy atom. The lowest BCUT2D eigenvalue weighted by atomic mass is 9.89. The minimum atomic E-state index is 0.632. The number of rotatable bonds is 2. The van der Waals surface area contributed by atoms with E-state index in [1.54, 1.807) is 5.56 Å². The van der Waals surface area contributed by atoms with Gasteiger partial charge in [-0.2, -0.15) is 16.9 Å². The largest absolute Gasteiger partial charge is 0.317 e. The van der Waals surface area contributed by atoms with Gasteiger partial charge in [-0.05, 0) is 69.9 Å². The highest BCUT2D eigenvalue weighted by molar-refractivity contribution is 7.99. The SMILES string of the molecule is Cc1nn(C2CCCSC2)c(C)c1C1CCNCC1. The summed E-state index contributed by atoms with van der Waals surface area (Å²) in [5.41, 5.74) is 4.27. The number of piperidine rings is 1. The maximum Gasteiger partial charge on any atom is 0.0631 e. The van der Waals surface area contributed by atoms with Gasteiger partial charge in [-0.3, -0.25) is 4.68 Å². The van der Waals surface area contributed by atoms with E-state index >= 15 is 0 Å². The average molecular weight is 279 g/mol. The van der Waals surface area contributed by atoms with Crippen LogP contribution in [0.4, 0.5) is 0 Å². The molecule has 1 N–H and O–H groups in total. The highest BCUT2D eigenvalue weighted by Gasteiger charge is 2.26. The van der Waals surface area contributed by atoms with E-state index in [0.29, 0.717) is 6.04 Å². The molecule has 2 aliphatic rings. The van der Waals surface area contributed by atoms with Crippen LogP contribution in [0.1, 0.15) is 54.6 Å². The number of aromatic nitrogens is 2. The van der Waals surface area contributed by atoms with Crippen LogP contribution in [-0.2, 0) is 0 Å². The van der Waals surface area contributed by atoms with Crippen molar-refractivity contribution in [2.24, 2.45) is 0 Å². The maximum absolute atomic E-state index is 4.89. The molecule has 2 fully saturated rings. The third kappa shape index (κ3) is 2.70. The number of hydrogen-bond donors (Lipinski definition) is 1. The van der Waals surface area contributed by atoms with Gasteiger partial charge in [0.2, 0.25) is 0 Å². The fourth-order valence-corrected chi connectivity index (χ4v) is 4.77. The van der Waals surface area contributed by atoms with E-state index in [1.807, 2.05) is 0 Å². The van der Waals surface area contributed by atoms with Crippen molar-refractivity contribution in [2.75, 3.05) is 24.6 Å². The van der Waals surface area contributed by atoms with Crippen molar-refractivity contribution in [2.45, 2.75) is 51.5 Å². The second kappa shape index (κ2) is 5.88. The third-order valence-corrected chi connectivity index (χ3v) is 5.81. The number of thioether (sulfide) groups is 1. The standard InChI is InChI=1S/C15H25N3S/c1-11-15(13-5-7-16-8-6-13)12(2)18(17-11)14-4-3-9-19-10-14/h13-14,16H,3-10H2,1-2H3. The van der Waals surface area contributed by atoms with E-state index < -0.39 is 0 Å². The Labute approximate surface area is 120 Å². The summed E-state index contributed by atoms with van der Waals surface area (Å²) >= 11 is 2.09. The Bertz CT molecular complexity index is 429. The first kappa shape index (κ1) is 13.5. The molecule has 1 aromatic rings. The van der Waals surface area contributed by atoms with Crippen molar-refractivity contribution in [3.8, 4) is 0 Å². The highest BCUT2D eigenvalue weighted by Crippen LogP contribution is 2.34. The van der Waals surface area contributed by atoms with E-state index in [0.717, 1.165) is 19.0 Å². The van der Waals surface area contributed by atoms with Gasteiger partial charge in [0.05, 0.1) is 11.7 Å². The van der Waals surface area contributed by atoms with Gasteiger partial charge in [0.25, 0.3) is 0 Å². The average Bonchev–Trinajstić information content (AvgIpc) is 2.76. The zero-order valence-electron chi connectivity index (χ0n) is 12.1. The summed E-state index contributed by atoms with van der Waals surface area (Å²) in [5, 5.41) is 8.35. The molecule has 0 saturated carbocycles. The van der Waals surface area contributed by atoms with Crippen LogP contribution in [0.5, 0.6) is 0 Å². The van der Waals surface area contributed by atoms with Gasteiger partial charge in [-0.1, -0.05) is 0 Å². The highest BCUT2D eigenvalue weighted by atomic mass is 32.2. The minimum absolute atomic E-state index is 0.632. The Morgan fingerprint density at radius 3 is 2.68 bits per heavy atom. The Hall–Kier alpha value is -0.480. The summed E-state index contributed by atoms with van der Waals surface area (Å²) in [7, 11) is 0. The smallest absolute Gasteiger partial charge is 0.0631 e. The summed E-state index contributed by atoms with van der Waals surface area (Å²) in [5.74, 6) is 3.30. The first-order valence-electron chi connectivity index (χ1n) is 7.61. The molecule has 0 aromatic carbocycles. The van der Waals surface area contributed by atoms with Gasteiger partial charge in [-0.15, -0.1) is 0 Å². The lowest BCUT2D eigenvalue weighted by Gasteiger charge is -2.25. The predicted octanol–water partition coefficient (Wildman–Crippen LogP) is 3.04. The first-order valence-corrected chi connectivity index (χ1v) is 8.77. The van der Waals surface area contributed by atoms with Crippen molar-refractivity contribution < 1.29 is 0 Å². The van der Waals surface area contributed by atoms with Crippen LogP contribution in [-0.4, -0.2) is 34.4 Å². The zero-order valence-corrected chi connectivity index (χ0v) is 12.9. The second-order valence-corrected chi connectivity index (χ2v) is 7.07. The maximum atomic E-state index is 4.89. The van der Waals surface area contributed by atoms with Crippen LogP contribution in [0.3, 0.4) is 0 Å². The quantitative estimate of drug-likeness (QED) is 0.902. The molecule has 1 atom stereocenters. The van der Waals surface area contributed by atoms with Crippen LogP contribution < -0.4 is 5.32 Å². The molecule has 1 unspecified atom stereocenters. The molecule has 0 radical (unpaired) electrons. The molecule has 1 aromatic heterocycles. The molecule has 106 valence electrons. The monoisotopic (exact) mass is 279 g/mol. The van der Waals surface area contributed by atoms with Gasteiger partial charge in [-0.25, -0.2) is 0 Å². The molecule has 3 heterocycles. The van der Waals surface area contributed by atoms with Crippen molar-refractivity contribution in [3.63, 3.8) is 0 Å². The molecule has 3 rings (SSSR count). The minimum Gasteiger partial charge on any atom is -0.317 e. The second-order valence-electron chi connectivity index (χ2n) is 5.92. The topological polar surface area (TPSA) is 29.9 Å². The lowest BCUT2D eigenvalue weighted by Crippen LogP contribution is -2.27. The molecule has 2 saturated heterocycles. The summed E-state index contributed by atoms with van der Waals surface area (Å²) in [6, 6.07) is 0.632. The van der Waals surface area contributed by atoms with E-state index in [1.165, 1.54) is 48.6 Å². The number of nitrogens with zero attached hydrogens (tertiary/aromatic N) is 2. The van der Waals surface area contributed by atoms with Crippen molar-refractivity contribution in [1.82, 2.24) is 15.1 Å². The lowest BCUT2D eigenvalue weighted by molar-refractivity contribution is 0.437. The van der Waals surface area contributed by atoms with E-state index in [-0.39, 0.29) is 0 Å². The summed E-state index contributed by atoms with van der Waals surface area (Å²) in [4.78, 5) is 0. The number of nitrogens with one attached hydrogen (secondary N) is 1. The van der Waals surface area contributed by atoms with Gasteiger partial charge in [0.15, 0.2) is 0 Å². The Kier molecular flexibility index (Phi) is 4.18. The van der Waals surface area contributed by atoms with Crippen LogP contribution in [0.25, 0.3) is 0 Å². The van der Waals surface area contributed by atoms with Crippen LogP contribution >= 0.6 is 11.8 Å². The van der Waals surface area contributed by atoms with Crippen molar-refractivity contribution in [3.05, 3.63) is 17.0 Å². The van der Waals surface area contributed by atoms with Crippen molar-refractivity contribution in [1.29, 1.82) is 0 Å². The van der Waals surface area contributed by atoms with Gasteiger partial charge in [0.1, 0.15) is 0 Å². The predicted molar refractivity (Wildman–Crippen MR) is 82.1 cm³/mol. The first-order chi connectivity index (χ1) is 9.27. The number of hydrogen-bond acceptors (Lipinski definition) is 3. The van der Waals surface area contributed by atoms with E-state index in [4.69, 9.17) is 5.10 Å². The molecule has 19 heavy (non-hydrogen) atoms. The Morgan fingerprint density at radius 1 is 1.21 bits per heavy atom. The van der Waals surface area contributed by atoms with E-state index in [9.17, 15) is 0 Å². The van der Waals surface area contributed by atoms with Gasteiger partial charge in [0, 0.05) is 11.4 Å². The van der Waals surface area contributed by atoms with Gasteiger partial charge < -0.3 is 5.32 Å². The molecule has 0 aliphatic carbocycles. The summed E-state index contributed by atoms with van der Waals surface area (Å²) in [6.07, 6.45) is 5.19. The molecular formula is C15H25N3S. The zero-order chi connectivity index (χ0) is 13.2.